The number of carbonyl (C=O) groups excluding carboxylic acids is 2. The molecule has 1 saturated heterocycles. The average molecular weight is 481 g/mol. The Morgan fingerprint density at radius 3 is 2.43 bits per heavy atom. The number of unbranched alkanes of at least 4 members (excludes halogenated alkanes) is 3. The van der Waals surface area contributed by atoms with Crippen molar-refractivity contribution in [2.75, 3.05) is 37.7 Å². The Balaban J connectivity index is 1.61. The van der Waals surface area contributed by atoms with E-state index in [1.165, 1.54) is 19.3 Å². The van der Waals surface area contributed by atoms with Crippen LogP contribution in [0.25, 0.3) is 0 Å². The molecule has 1 amide bonds. The van der Waals surface area contributed by atoms with Crippen LogP contribution < -0.4 is 15.0 Å². The summed E-state index contributed by atoms with van der Waals surface area (Å²) in [6.07, 6.45) is 8.83. The smallest absolute Gasteiger partial charge is 0.338 e. The van der Waals surface area contributed by atoms with Crippen LogP contribution in [0.2, 0.25) is 0 Å². The molecule has 0 aliphatic carbocycles. The van der Waals surface area contributed by atoms with Crippen molar-refractivity contribution in [2.45, 2.75) is 65.2 Å². The zero-order chi connectivity index (χ0) is 24.9. The number of piperidine rings is 1. The van der Waals surface area contributed by atoms with Crippen molar-refractivity contribution in [3.63, 3.8) is 0 Å². The lowest BCUT2D eigenvalue weighted by Crippen LogP contribution is -2.33. The van der Waals surface area contributed by atoms with Crippen LogP contribution in [0.4, 0.5) is 5.69 Å². The fraction of sp³-hybridized carbons (Fsp3) is 0.517. The van der Waals surface area contributed by atoms with Crippen molar-refractivity contribution in [3.05, 3.63) is 59.2 Å². The van der Waals surface area contributed by atoms with Crippen LogP contribution >= 0.6 is 0 Å². The van der Waals surface area contributed by atoms with Gasteiger partial charge in [0.2, 0.25) is 0 Å². The molecule has 2 aromatic carbocycles. The summed E-state index contributed by atoms with van der Waals surface area (Å²) in [5.41, 5.74) is 3.26. The molecule has 0 bridgehead atoms. The van der Waals surface area contributed by atoms with Gasteiger partial charge in [-0.1, -0.05) is 38.3 Å². The maximum atomic E-state index is 13.2. The van der Waals surface area contributed by atoms with Crippen molar-refractivity contribution in [3.8, 4) is 5.75 Å². The number of ether oxygens (including phenoxy) is 2. The molecule has 2 aromatic rings. The van der Waals surface area contributed by atoms with E-state index in [0.717, 1.165) is 55.8 Å². The van der Waals surface area contributed by atoms with Crippen LogP contribution in [0.5, 0.6) is 5.75 Å². The van der Waals surface area contributed by atoms with Gasteiger partial charge in [-0.25, -0.2) is 4.79 Å². The van der Waals surface area contributed by atoms with E-state index in [0.29, 0.717) is 37.3 Å². The van der Waals surface area contributed by atoms with Crippen molar-refractivity contribution in [2.24, 2.45) is 0 Å². The van der Waals surface area contributed by atoms with E-state index in [9.17, 15) is 9.59 Å². The van der Waals surface area contributed by atoms with Crippen molar-refractivity contribution in [1.82, 2.24) is 5.32 Å². The van der Waals surface area contributed by atoms with Gasteiger partial charge < -0.3 is 19.7 Å². The molecule has 1 N–H and O–H groups in total. The number of hydrogen-bond acceptors (Lipinski definition) is 5. The van der Waals surface area contributed by atoms with Crippen molar-refractivity contribution >= 4 is 17.6 Å². The summed E-state index contributed by atoms with van der Waals surface area (Å²) in [6, 6.07) is 13.3. The summed E-state index contributed by atoms with van der Waals surface area (Å²) in [4.78, 5) is 27.4. The van der Waals surface area contributed by atoms with Gasteiger partial charge in [-0.15, -0.1) is 0 Å². The lowest BCUT2D eigenvalue weighted by atomic mass is 10.1. The van der Waals surface area contributed by atoms with Gasteiger partial charge in [-0.3, -0.25) is 4.79 Å². The van der Waals surface area contributed by atoms with E-state index in [1.807, 2.05) is 30.3 Å². The zero-order valence-electron chi connectivity index (χ0n) is 21.3. The van der Waals surface area contributed by atoms with E-state index < -0.39 is 0 Å². The molecule has 1 aliphatic heterocycles. The third kappa shape index (κ3) is 8.30. The van der Waals surface area contributed by atoms with Gasteiger partial charge in [0.15, 0.2) is 0 Å². The van der Waals surface area contributed by atoms with Gasteiger partial charge in [-0.05, 0) is 74.9 Å². The van der Waals surface area contributed by atoms with E-state index in [-0.39, 0.29) is 11.9 Å². The summed E-state index contributed by atoms with van der Waals surface area (Å²) in [5.74, 6) is 0.358. The maximum Gasteiger partial charge on any atom is 0.338 e. The van der Waals surface area contributed by atoms with Gasteiger partial charge in [-0.2, -0.15) is 0 Å². The molecule has 0 atom stereocenters. The molecule has 6 heteroatoms. The molecule has 3 rings (SSSR count). The standard InChI is InChI=1S/C29H40N2O4/c1-3-5-6-10-21-35-25-15-16-27(31-19-8-7-9-20-31)26(22-25)28(32)30-18-17-23-11-13-24(14-12-23)29(33)34-4-2/h11-16,22H,3-10,17-21H2,1-2H3,(H,30,32). The first-order chi connectivity index (χ1) is 17.1. The second kappa shape index (κ2) is 14.4. The first-order valence-corrected chi connectivity index (χ1v) is 13.2. The predicted molar refractivity (Wildman–Crippen MR) is 141 cm³/mol. The van der Waals surface area contributed by atoms with Crippen LogP contribution in [0, 0.1) is 0 Å². The number of nitrogens with one attached hydrogen (secondary N) is 1. The van der Waals surface area contributed by atoms with E-state index in [2.05, 4.69) is 17.1 Å². The average Bonchev–Trinajstić information content (AvgIpc) is 2.89. The molecule has 0 spiro atoms. The highest BCUT2D eigenvalue weighted by atomic mass is 16.5. The normalized spacial score (nSPS) is 13.4. The molecule has 0 unspecified atom stereocenters. The van der Waals surface area contributed by atoms with Crippen LogP contribution in [-0.2, 0) is 11.2 Å². The Bertz CT molecular complexity index is 936. The molecule has 6 nitrogen and oxygen atoms in total. The SMILES string of the molecule is CCCCCCOc1ccc(N2CCCCC2)c(C(=O)NCCc2ccc(C(=O)OCC)cc2)c1. The van der Waals surface area contributed by atoms with Gasteiger partial charge >= 0.3 is 5.97 Å². The molecule has 190 valence electrons. The summed E-state index contributed by atoms with van der Waals surface area (Å²) in [5, 5.41) is 3.08. The maximum absolute atomic E-state index is 13.2. The Labute approximate surface area is 210 Å². The fourth-order valence-corrected chi connectivity index (χ4v) is 4.35. The van der Waals surface area contributed by atoms with Gasteiger partial charge in [0.25, 0.3) is 5.91 Å². The number of rotatable bonds is 13. The summed E-state index contributed by atoms with van der Waals surface area (Å²) >= 11 is 0. The Hall–Kier alpha value is -3.02. The minimum atomic E-state index is -0.315. The van der Waals surface area contributed by atoms with Crippen molar-refractivity contribution in [1.29, 1.82) is 0 Å². The molecule has 0 radical (unpaired) electrons. The number of anilines is 1. The molecule has 1 aliphatic rings. The Morgan fingerprint density at radius 2 is 1.71 bits per heavy atom. The van der Waals surface area contributed by atoms with Crippen molar-refractivity contribution < 1.29 is 19.1 Å². The minimum absolute atomic E-state index is 0.0786. The molecular formula is C29H40N2O4. The lowest BCUT2D eigenvalue weighted by molar-refractivity contribution is 0.0526. The number of benzene rings is 2. The molecule has 0 saturated carbocycles. The van der Waals surface area contributed by atoms with E-state index in [1.54, 1.807) is 19.1 Å². The summed E-state index contributed by atoms with van der Waals surface area (Å²) in [7, 11) is 0. The fourth-order valence-electron chi connectivity index (χ4n) is 4.35. The van der Waals surface area contributed by atoms with Crippen LogP contribution in [0.3, 0.4) is 0 Å². The minimum Gasteiger partial charge on any atom is -0.494 e. The quantitative estimate of drug-likeness (QED) is 0.291. The topological polar surface area (TPSA) is 67.9 Å². The number of nitrogens with zero attached hydrogens (tertiary/aromatic N) is 1. The lowest BCUT2D eigenvalue weighted by Gasteiger charge is -2.30. The molecule has 0 aromatic heterocycles. The third-order valence-corrected chi connectivity index (χ3v) is 6.34. The zero-order valence-corrected chi connectivity index (χ0v) is 21.3. The van der Waals surface area contributed by atoms with Crippen LogP contribution in [-0.4, -0.2) is 44.7 Å². The second-order valence-electron chi connectivity index (χ2n) is 9.06. The second-order valence-corrected chi connectivity index (χ2v) is 9.06. The number of esters is 1. The van der Waals surface area contributed by atoms with E-state index >= 15 is 0 Å². The Morgan fingerprint density at radius 1 is 0.943 bits per heavy atom. The first-order valence-electron chi connectivity index (χ1n) is 13.2. The largest absolute Gasteiger partial charge is 0.494 e. The molecular weight excluding hydrogens is 440 g/mol. The molecule has 1 fully saturated rings. The number of carbonyl (C=O) groups is 2. The molecule has 35 heavy (non-hydrogen) atoms. The highest BCUT2D eigenvalue weighted by Gasteiger charge is 2.19. The van der Waals surface area contributed by atoms with E-state index in [4.69, 9.17) is 9.47 Å². The van der Waals surface area contributed by atoms with Gasteiger partial charge in [0.05, 0.1) is 24.3 Å². The highest BCUT2D eigenvalue weighted by molar-refractivity contribution is 6.00. The molecule has 1 heterocycles. The van der Waals surface area contributed by atoms with Gasteiger partial charge in [0, 0.05) is 25.3 Å². The van der Waals surface area contributed by atoms with Crippen LogP contribution in [0.1, 0.15) is 85.1 Å². The number of hydrogen-bond donors (Lipinski definition) is 1. The monoisotopic (exact) mass is 480 g/mol. The summed E-state index contributed by atoms with van der Waals surface area (Å²) < 4.78 is 11.0. The first kappa shape index (κ1) is 26.6. The highest BCUT2D eigenvalue weighted by Crippen LogP contribution is 2.28. The number of amides is 1. The third-order valence-electron chi connectivity index (χ3n) is 6.34. The van der Waals surface area contributed by atoms with Gasteiger partial charge in [0.1, 0.15) is 5.75 Å². The summed E-state index contributed by atoms with van der Waals surface area (Å²) in [6.45, 7) is 7.49. The Kier molecular flexibility index (Phi) is 10.9. The predicted octanol–water partition coefficient (Wildman–Crippen LogP) is 5.79. The van der Waals surface area contributed by atoms with Crippen LogP contribution in [0.15, 0.2) is 42.5 Å².